The predicted molar refractivity (Wildman–Crippen MR) is 86.9 cm³/mol. The number of nitrogens with zero attached hydrogens (tertiary/aromatic N) is 1. The molecule has 3 amide bonds. The third kappa shape index (κ3) is 3.78. The molecule has 1 saturated heterocycles. The van der Waals surface area contributed by atoms with Crippen molar-refractivity contribution in [3.8, 4) is 0 Å². The summed E-state index contributed by atoms with van der Waals surface area (Å²) in [6.07, 6.45) is 4.24. The second-order valence-corrected chi connectivity index (χ2v) is 6.43. The summed E-state index contributed by atoms with van der Waals surface area (Å²) in [5.74, 6) is 0.677. The number of benzene rings is 1. The number of imide groups is 1. The molecule has 1 heterocycles. The Kier molecular flexibility index (Phi) is 4.32. The van der Waals surface area contributed by atoms with Crippen molar-refractivity contribution in [3.05, 3.63) is 24.3 Å². The zero-order chi connectivity index (χ0) is 15.5. The largest absolute Gasteiger partial charge is 0.372 e. The molecule has 0 aromatic heterocycles. The fourth-order valence-electron chi connectivity index (χ4n) is 2.74. The summed E-state index contributed by atoms with van der Waals surface area (Å²) < 4.78 is 0. The molecule has 0 spiro atoms. The van der Waals surface area contributed by atoms with Gasteiger partial charge in [-0.05, 0) is 55.9 Å². The summed E-state index contributed by atoms with van der Waals surface area (Å²) in [7, 11) is 0. The van der Waals surface area contributed by atoms with Gasteiger partial charge in [-0.2, -0.15) is 0 Å². The van der Waals surface area contributed by atoms with E-state index in [0.717, 1.165) is 31.8 Å². The molecule has 2 N–H and O–H groups in total. The van der Waals surface area contributed by atoms with Gasteiger partial charge in [-0.25, -0.2) is 4.79 Å². The Balaban J connectivity index is 1.52. The minimum Gasteiger partial charge on any atom is -0.372 e. The Hall–Kier alpha value is -2.04. The number of anilines is 2. The van der Waals surface area contributed by atoms with Gasteiger partial charge in [0.2, 0.25) is 5.91 Å². The SMILES string of the molecule is CC1CCN(c2ccc(NC(=O)NC(=O)C3CC3)cc2)CC1. The number of nitrogens with one attached hydrogen (secondary N) is 2. The fourth-order valence-corrected chi connectivity index (χ4v) is 2.74. The molecule has 1 aliphatic carbocycles. The van der Waals surface area contributed by atoms with E-state index < -0.39 is 6.03 Å². The van der Waals surface area contributed by atoms with E-state index in [0.29, 0.717) is 5.69 Å². The molecule has 118 valence electrons. The van der Waals surface area contributed by atoms with Crippen molar-refractivity contribution in [2.45, 2.75) is 32.6 Å². The molecular weight excluding hydrogens is 278 g/mol. The van der Waals surface area contributed by atoms with E-state index >= 15 is 0 Å². The molecular formula is C17H23N3O2. The molecule has 22 heavy (non-hydrogen) atoms. The number of amides is 3. The van der Waals surface area contributed by atoms with Crippen LogP contribution in [0.2, 0.25) is 0 Å². The van der Waals surface area contributed by atoms with Crippen molar-refractivity contribution in [2.75, 3.05) is 23.3 Å². The highest BCUT2D eigenvalue weighted by molar-refractivity contribution is 6.02. The van der Waals surface area contributed by atoms with Crippen molar-refractivity contribution >= 4 is 23.3 Å². The van der Waals surface area contributed by atoms with E-state index in [9.17, 15) is 9.59 Å². The molecule has 0 radical (unpaired) electrons. The average molecular weight is 301 g/mol. The maximum absolute atomic E-state index is 11.7. The number of urea groups is 1. The van der Waals surface area contributed by atoms with E-state index in [4.69, 9.17) is 0 Å². The lowest BCUT2D eigenvalue weighted by molar-refractivity contribution is -0.121. The minimum absolute atomic E-state index is 0.0367. The van der Waals surface area contributed by atoms with Crippen LogP contribution in [0, 0.1) is 11.8 Å². The molecule has 1 aromatic carbocycles. The monoisotopic (exact) mass is 301 g/mol. The molecule has 0 unspecified atom stereocenters. The van der Waals surface area contributed by atoms with Crippen molar-refractivity contribution < 1.29 is 9.59 Å². The second-order valence-electron chi connectivity index (χ2n) is 6.43. The van der Waals surface area contributed by atoms with Crippen molar-refractivity contribution in [2.24, 2.45) is 11.8 Å². The van der Waals surface area contributed by atoms with Crippen LogP contribution in [0.4, 0.5) is 16.2 Å². The quantitative estimate of drug-likeness (QED) is 0.902. The Morgan fingerprint density at radius 1 is 1.05 bits per heavy atom. The van der Waals surface area contributed by atoms with Gasteiger partial charge in [0.15, 0.2) is 0 Å². The molecule has 3 rings (SSSR count). The third-order valence-corrected chi connectivity index (χ3v) is 4.46. The van der Waals surface area contributed by atoms with E-state index in [2.05, 4.69) is 22.5 Å². The van der Waals surface area contributed by atoms with Crippen LogP contribution >= 0.6 is 0 Å². The molecule has 2 fully saturated rings. The van der Waals surface area contributed by atoms with Crippen LogP contribution in [0.25, 0.3) is 0 Å². The van der Waals surface area contributed by atoms with Gasteiger partial charge in [-0.1, -0.05) is 6.92 Å². The molecule has 5 heteroatoms. The standard InChI is InChI=1S/C17H23N3O2/c1-12-8-10-20(11-9-12)15-6-4-14(5-7-15)18-17(22)19-16(21)13-2-3-13/h4-7,12-13H,2-3,8-11H2,1H3,(H2,18,19,21,22). The van der Waals surface area contributed by atoms with Gasteiger partial charge in [0, 0.05) is 30.4 Å². The van der Waals surface area contributed by atoms with Crippen LogP contribution in [0.15, 0.2) is 24.3 Å². The Morgan fingerprint density at radius 2 is 1.68 bits per heavy atom. The van der Waals surface area contributed by atoms with Gasteiger partial charge in [0.1, 0.15) is 0 Å². The van der Waals surface area contributed by atoms with Crippen LogP contribution in [0.5, 0.6) is 0 Å². The second kappa shape index (κ2) is 6.38. The highest BCUT2D eigenvalue weighted by atomic mass is 16.2. The first-order valence-corrected chi connectivity index (χ1v) is 8.08. The molecule has 1 saturated carbocycles. The molecule has 0 bridgehead atoms. The van der Waals surface area contributed by atoms with Crippen LogP contribution in [0.1, 0.15) is 32.6 Å². The number of rotatable bonds is 3. The smallest absolute Gasteiger partial charge is 0.325 e. The summed E-state index contributed by atoms with van der Waals surface area (Å²) in [5, 5.41) is 5.08. The van der Waals surface area contributed by atoms with Crippen LogP contribution in [-0.2, 0) is 4.79 Å². The van der Waals surface area contributed by atoms with Crippen LogP contribution in [0.3, 0.4) is 0 Å². The van der Waals surface area contributed by atoms with Gasteiger partial charge in [-0.3, -0.25) is 10.1 Å². The Morgan fingerprint density at radius 3 is 2.27 bits per heavy atom. The number of piperidine rings is 1. The molecule has 1 aliphatic heterocycles. The molecule has 2 aliphatic rings. The maximum Gasteiger partial charge on any atom is 0.325 e. The number of carbonyl (C=O) groups excluding carboxylic acids is 2. The molecule has 1 aromatic rings. The predicted octanol–water partition coefficient (Wildman–Crippen LogP) is 2.98. The van der Waals surface area contributed by atoms with Crippen molar-refractivity contribution in [1.29, 1.82) is 0 Å². The van der Waals surface area contributed by atoms with E-state index in [1.54, 1.807) is 0 Å². The highest BCUT2D eigenvalue weighted by Gasteiger charge is 2.30. The van der Waals surface area contributed by atoms with E-state index in [-0.39, 0.29) is 11.8 Å². The average Bonchev–Trinajstić information content (AvgIpc) is 3.33. The normalized spacial score (nSPS) is 18.9. The summed E-state index contributed by atoms with van der Waals surface area (Å²) >= 11 is 0. The number of hydrogen-bond acceptors (Lipinski definition) is 3. The van der Waals surface area contributed by atoms with Crippen molar-refractivity contribution in [1.82, 2.24) is 5.32 Å². The van der Waals surface area contributed by atoms with Crippen LogP contribution in [-0.4, -0.2) is 25.0 Å². The first kappa shape index (κ1) is 14.9. The van der Waals surface area contributed by atoms with Crippen molar-refractivity contribution in [3.63, 3.8) is 0 Å². The number of hydrogen-bond donors (Lipinski definition) is 2. The lowest BCUT2D eigenvalue weighted by Gasteiger charge is -2.32. The minimum atomic E-state index is -0.448. The number of carbonyl (C=O) groups is 2. The topological polar surface area (TPSA) is 61.4 Å². The van der Waals surface area contributed by atoms with Gasteiger partial charge in [-0.15, -0.1) is 0 Å². The summed E-state index contributed by atoms with van der Waals surface area (Å²) in [6, 6.07) is 7.36. The van der Waals surface area contributed by atoms with Gasteiger partial charge in [0.05, 0.1) is 0 Å². The van der Waals surface area contributed by atoms with Gasteiger partial charge >= 0.3 is 6.03 Å². The Labute approximate surface area is 131 Å². The maximum atomic E-state index is 11.7. The van der Waals surface area contributed by atoms with Gasteiger partial charge < -0.3 is 10.2 Å². The highest BCUT2D eigenvalue weighted by Crippen LogP contribution is 2.28. The first-order valence-electron chi connectivity index (χ1n) is 8.08. The zero-order valence-corrected chi connectivity index (χ0v) is 13.0. The lowest BCUT2D eigenvalue weighted by Crippen LogP contribution is -2.35. The third-order valence-electron chi connectivity index (χ3n) is 4.46. The summed E-state index contributed by atoms with van der Waals surface area (Å²) in [6.45, 7) is 4.47. The molecule has 0 atom stereocenters. The Bertz CT molecular complexity index is 544. The van der Waals surface area contributed by atoms with Gasteiger partial charge in [0.25, 0.3) is 0 Å². The summed E-state index contributed by atoms with van der Waals surface area (Å²) in [4.78, 5) is 25.6. The zero-order valence-electron chi connectivity index (χ0n) is 13.0. The lowest BCUT2D eigenvalue weighted by atomic mass is 9.99. The van der Waals surface area contributed by atoms with Crippen LogP contribution < -0.4 is 15.5 Å². The fraction of sp³-hybridized carbons (Fsp3) is 0.529. The van der Waals surface area contributed by atoms with E-state index in [1.165, 1.54) is 18.5 Å². The first-order chi connectivity index (χ1) is 10.6. The molecule has 5 nitrogen and oxygen atoms in total. The van der Waals surface area contributed by atoms with E-state index in [1.807, 2.05) is 24.3 Å². The summed E-state index contributed by atoms with van der Waals surface area (Å²) in [5.41, 5.74) is 1.89.